The molecular weight excluding hydrogens is 218 g/mol. The van der Waals surface area contributed by atoms with Crippen molar-refractivity contribution >= 4 is 6.09 Å². The first-order valence-electron chi connectivity index (χ1n) is 5.80. The zero-order valence-electron chi connectivity index (χ0n) is 10.4. The van der Waals surface area contributed by atoms with Crippen molar-refractivity contribution in [2.24, 2.45) is 0 Å². The average Bonchev–Trinajstić information content (AvgIpc) is 2.30. The first-order valence-corrected chi connectivity index (χ1v) is 5.80. The number of hydrogen-bond acceptors (Lipinski definition) is 3. The standard InChI is InChI=1S/C13H17NO3/c1-8-6-11(17-13(15)14-3)7-10-5-4-9(2)16-12(8)10/h6-7,9H,4-5H2,1-3H3,(H,14,15). The summed E-state index contributed by atoms with van der Waals surface area (Å²) < 4.78 is 10.9. The monoisotopic (exact) mass is 235 g/mol. The summed E-state index contributed by atoms with van der Waals surface area (Å²) in [6, 6.07) is 3.70. The van der Waals surface area contributed by atoms with Crippen LogP contribution in [-0.4, -0.2) is 19.2 Å². The molecule has 1 N–H and O–H groups in total. The lowest BCUT2D eigenvalue weighted by atomic mass is 10.00. The molecule has 0 aromatic heterocycles. The van der Waals surface area contributed by atoms with E-state index in [2.05, 4.69) is 12.2 Å². The van der Waals surface area contributed by atoms with Gasteiger partial charge in [0.2, 0.25) is 0 Å². The smallest absolute Gasteiger partial charge is 0.412 e. The number of rotatable bonds is 1. The number of fused-ring (bicyclic) bond motifs is 1. The quantitative estimate of drug-likeness (QED) is 0.813. The molecule has 0 radical (unpaired) electrons. The Morgan fingerprint density at radius 1 is 1.53 bits per heavy atom. The van der Waals surface area contributed by atoms with E-state index in [-0.39, 0.29) is 6.10 Å². The van der Waals surface area contributed by atoms with Crippen LogP contribution in [0.3, 0.4) is 0 Å². The Labute approximate surface area is 101 Å². The number of carbonyl (C=O) groups is 1. The highest BCUT2D eigenvalue weighted by molar-refractivity contribution is 5.70. The van der Waals surface area contributed by atoms with Crippen LogP contribution < -0.4 is 14.8 Å². The molecule has 4 heteroatoms. The van der Waals surface area contributed by atoms with Crippen molar-refractivity contribution in [3.05, 3.63) is 23.3 Å². The zero-order chi connectivity index (χ0) is 12.4. The van der Waals surface area contributed by atoms with Crippen molar-refractivity contribution < 1.29 is 14.3 Å². The third-order valence-electron chi connectivity index (χ3n) is 2.88. The van der Waals surface area contributed by atoms with Gasteiger partial charge in [-0.05, 0) is 49.9 Å². The Morgan fingerprint density at radius 3 is 3.00 bits per heavy atom. The second-order valence-electron chi connectivity index (χ2n) is 4.34. The summed E-state index contributed by atoms with van der Waals surface area (Å²) in [6.45, 7) is 4.03. The molecule has 1 aliphatic heterocycles. The van der Waals surface area contributed by atoms with Gasteiger partial charge in [-0.15, -0.1) is 0 Å². The lowest BCUT2D eigenvalue weighted by Gasteiger charge is -2.25. The van der Waals surface area contributed by atoms with E-state index in [0.29, 0.717) is 5.75 Å². The Balaban J connectivity index is 2.28. The Kier molecular flexibility index (Phi) is 3.22. The van der Waals surface area contributed by atoms with Gasteiger partial charge in [0.05, 0.1) is 6.10 Å². The predicted octanol–water partition coefficient (Wildman–Crippen LogP) is 2.43. The van der Waals surface area contributed by atoms with Gasteiger partial charge in [0.1, 0.15) is 11.5 Å². The SMILES string of the molecule is CNC(=O)Oc1cc(C)c2c(c1)CCC(C)O2. The van der Waals surface area contributed by atoms with Crippen LogP contribution in [-0.2, 0) is 6.42 Å². The molecule has 0 saturated carbocycles. The van der Waals surface area contributed by atoms with E-state index in [1.165, 1.54) is 0 Å². The molecule has 1 aliphatic rings. The summed E-state index contributed by atoms with van der Waals surface area (Å²) in [6.07, 6.45) is 1.76. The third-order valence-corrected chi connectivity index (χ3v) is 2.88. The number of ether oxygens (including phenoxy) is 2. The number of amides is 1. The van der Waals surface area contributed by atoms with E-state index in [1.54, 1.807) is 7.05 Å². The van der Waals surface area contributed by atoms with Crippen LogP contribution >= 0.6 is 0 Å². The minimum absolute atomic E-state index is 0.256. The molecule has 1 amide bonds. The first kappa shape index (κ1) is 11.8. The van der Waals surface area contributed by atoms with Crippen LogP contribution in [0.15, 0.2) is 12.1 Å². The molecule has 1 heterocycles. The molecule has 0 aliphatic carbocycles. The van der Waals surface area contributed by atoms with Crippen LogP contribution in [0.5, 0.6) is 11.5 Å². The molecule has 4 nitrogen and oxygen atoms in total. The normalized spacial score (nSPS) is 17.9. The molecule has 92 valence electrons. The van der Waals surface area contributed by atoms with Crippen molar-refractivity contribution in [2.45, 2.75) is 32.8 Å². The highest BCUT2D eigenvalue weighted by atomic mass is 16.6. The number of hydrogen-bond donors (Lipinski definition) is 1. The second kappa shape index (κ2) is 4.65. The summed E-state index contributed by atoms with van der Waals surface area (Å²) >= 11 is 0. The van der Waals surface area contributed by atoms with E-state index in [9.17, 15) is 4.79 Å². The van der Waals surface area contributed by atoms with Crippen molar-refractivity contribution in [1.82, 2.24) is 5.32 Å². The number of carbonyl (C=O) groups excluding carboxylic acids is 1. The summed E-state index contributed by atoms with van der Waals surface area (Å²) in [4.78, 5) is 11.1. The van der Waals surface area contributed by atoms with Crippen LogP contribution in [0.2, 0.25) is 0 Å². The first-order chi connectivity index (χ1) is 8.10. The molecule has 0 fully saturated rings. The Morgan fingerprint density at radius 2 is 2.29 bits per heavy atom. The molecule has 0 bridgehead atoms. The molecule has 17 heavy (non-hydrogen) atoms. The van der Waals surface area contributed by atoms with Gasteiger partial charge in [-0.3, -0.25) is 0 Å². The van der Waals surface area contributed by atoms with E-state index in [1.807, 2.05) is 19.1 Å². The van der Waals surface area contributed by atoms with Crippen LogP contribution in [0.25, 0.3) is 0 Å². The van der Waals surface area contributed by atoms with E-state index in [4.69, 9.17) is 9.47 Å². The van der Waals surface area contributed by atoms with Gasteiger partial charge in [-0.2, -0.15) is 0 Å². The molecule has 1 aromatic rings. The van der Waals surface area contributed by atoms with Crippen molar-refractivity contribution in [3.63, 3.8) is 0 Å². The van der Waals surface area contributed by atoms with Gasteiger partial charge in [-0.1, -0.05) is 0 Å². The zero-order valence-corrected chi connectivity index (χ0v) is 10.4. The fourth-order valence-corrected chi connectivity index (χ4v) is 2.00. The van der Waals surface area contributed by atoms with Crippen LogP contribution in [0.1, 0.15) is 24.5 Å². The minimum atomic E-state index is -0.450. The summed E-state index contributed by atoms with van der Waals surface area (Å²) in [7, 11) is 1.54. The largest absolute Gasteiger partial charge is 0.490 e. The maximum Gasteiger partial charge on any atom is 0.412 e. The van der Waals surface area contributed by atoms with Crippen molar-refractivity contribution in [2.75, 3.05) is 7.05 Å². The van der Waals surface area contributed by atoms with E-state index in [0.717, 1.165) is 29.7 Å². The molecular formula is C13H17NO3. The molecule has 1 unspecified atom stereocenters. The highest BCUT2D eigenvalue weighted by Gasteiger charge is 2.19. The molecule has 1 aromatic carbocycles. The highest BCUT2D eigenvalue weighted by Crippen LogP contribution is 2.34. The van der Waals surface area contributed by atoms with Gasteiger partial charge in [0, 0.05) is 7.05 Å². The number of aryl methyl sites for hydroxylation is 2. The third kappa shape index (κ3) is 2.52. The van der Waals surface area contributed by atoms with Crippen LogP contribution in [0.4, 0.5) is 4.79 Å². The number of benzene rings is 1. The summed E-state index contributed by atoms with van der Waals surface area (Å²) in [5.74, 6) is 1.51. The van der Waals surface area contributed by atoms with Gasteiger partial charge in [0.15, 0.2) is 0 Å². The maximum absolute atomic E-state index is 11.1. The molecule has 0 saturated heterocycles. The van der Waals surface area contributed by atoms with Gasteiger partial charge in [0.25, 0.3) is 0 Å². The van der Waals surface area contributed by atoms with E-state index < -0.39 is 6.09 Å². The lowest BCUT2D eigenvalue weighted by molar-refractivity contribution is 0.189. The lowest BCUT2D eigenvalue weighted by Crippen LogP contribution is -2.23. The molecule has 0 spiro atoms. The van der Waals surface area contributed by atoms with Gasteiger partial charge in [-0.25, -0.2) is 4.79 Å². The molecule has 2 rings (SSSR count). The van der Waals surface area contributed by atoms with Crippen molar-refractivity contribution in [1.29, 1.82) is 0 Å². The Bertz CT molecular complexity index is 443. The predicted molar refractivity (Wildman–Crippen MR) is 64.7 cm³/mol. The van der Waals surface area contributed by atoms with Gasteiger partial charge < -0.3 is 14.8 Å². The minimum Gasteiger partial charge on any atom is -0.490 e. The fourth-order valence-electron chi connectivity index (χ4n) is 2.00. The van der Waals surface area contributed by atoms with E-state index >= 15 is 0 Å². The average molecular weight is 235 g/mol. The maximum atomic E-state index is 11.1. The summed E-state index contributed by atoms with van der Waals surface area (Å²) in [5.41, 5.74) is 2.12. The fraction of sp³-hybridized carbons (Fsp3) is 0.462. The van der Waals surface area contributed by atoms with Crippen LogP contribution in [0, 0.1) is 6.92 Å². The number of nitrogens with one attached hydrogen (secondary N) is 1. The molecule has 1 atom stereocenters. The topological polar surface area (TPSA) is 47.6 Å². The summed E-state index contributed by atoms with van der Waals surface area (Å²) in [5, 5.41) is 2.43. The second-order valence-corrected chi connectivity index (χ2v) is 4.34. The van der Waals surface area contributed by atoms with Crippen molar-refractivity contribution in [3.8, 4) is 11.5 Å². The Hall–Kier alpha value is -1.71. The van der Waals surface area contributed by atoms with Gasteiger partial charge >= 0.3 is 6.09 Å².